The molecule has 14 heavy (non-hydrogen) atoms. The van der Waals surface area contributed by atoms with Gasteiger partial charge >= 0.3 is 0 Å². The van der Waals surface area contributed by atoms with Crippen molar-refractivity contribution >= 4 is 5.71 Å². The van der Waals surface area contributed by atoms with Crippen LogP contribution in [-0.2, 0) is 0 Å². The fourth-order valence-corrected chi connectivity index (χ4v) is 1.60. The third-order valence-corrected chi connectivity index (χ3v) is 2.25. The number of hydrogen-bond donors (Lipinski definition) is 0. The van der Waals surface area contributed by atoms with Crippen molar-refractivity contribution in [1.29, 1.82) is 0 Å². The van der Waals surface area contributed by atoms with Crippen molar-refractivity contribution in [3.05, 3.63) is 35.1 Å². The Bertz CT molecular complexity index is 353. The van der Waals surface area contributed by atoms with Gasteiger partial charge in [0.2, 0.25) is 0 Å². The van der Waals surface area contributed by atoms with Crippen LogP contribution in [0.4, 0.5) is 4.39 Å². The molecule has 1 aromatic rings. The quantitative estimate of drug-likeness (QED) is 0.639. The zero-order valence-corrected chi connectivity index (χ0v) is 9.13. The van der Waals surface area contributed by atoms with Crippen LogP contribution in [0.3, 0.4) is 0 Å². The van der Waals surface area contributed by atoms with E-state index in [1.165, 1.54) is 6.07 Å². The highest BCUT2D eigenvalue weighted by Crippen LogP contribution is 2.15. The van der Waals surface area contributed by atoms with Gasteiger partial charge in [0.15, 0.2) is 0 Å². The molecule has 0 aromatic heterocycles. The molecule has 0 bridgehead atoms. The molecule has 1 aromatic carbocycles. The number of hydrogen-bond acceptors (Lipinski definition) is 1. The van der Waals surface area contributed by atoms with Crippen LogP contribution in [0.15, 0.2) is 23.2 Å². The molecule has 0 atom stereocenters. The monoisotopic (exact) mass is 193 g/mol. The summed E-state index contributed by atoms with van der Waals surface area (Å²) in [5.74, 6) is 0.176. The van der Waals surface area contributed by atoms with Gasteiger partial charge in [-0.2, -0.15) is 0 Å². The number of benzene rings is 1. The Morgan fingerprint density at radius 3 is 2.43 bits per heavy atom. The molecule has 0 N–H and O–H groups in total. The van der Waals surface area contributed by atoms with Crippen LogP contribution in [-0.4, -0.2) is 12.8 Å². The van der Waals surface area contributed by atoms with Crippen LogP contribution in [0.25, 0.3) is 0 Å². The molecule has 0 saturated carbocycles. The summed E-state index contributed by atoms with van der Waals surface area (Å²) in [5.41, 5.74) is 3.02. The minimum absolute atomic E-state index is 0.189. The number of nitrogens with zero attached hydrogens (tertiary/aromatic N) is 1. The van der Waals surface area contributed by atoms with Crippen LogP contribution in [0.5, 0.6) is 0 Å². The summed E-state index contributed by atoms with van der Waals surface area (Å²) >= 11 is 0. The van der Waals surface area contributed by atoms with Crippen molar-refractivity contribution < 1.29 is 4.39 Å². The predicted octanol–water partition coefficient (Wildman–Crippen LogP) is 3.21. The zero-order chi connectivity index (χ0) is 10.7. The Kier molecular flexibility index (Phi) is 3.39. The van der Waals surface area contributed by atoms with E-state index >= 15 is 0 Å². The van der Waals surface area contributed by atoms with E-state index in [1.54, 1.807) is 19.2 Å². The molecular weight excluding hydrogens is 177 g/mol. The molecule has 76 valence electrons. The lowest BCUT2D eigenvalue weighted by molar-refractivity contribution is 0.626. The second-order valence-electron chi connectivity index (χ2n) is 3.72. The normalized spacial score (nSPS) is 12.3. The molecule has 0 radical (unpaired) electrons. The van der Waals surface area contributed by atoms with Crippen molar-refractivity contribution in [3.8, 4) is 0 Å². The van der Waals surface area contributed by atoms with Gasteiger partial charge in [0, 0.05) is 12.8 Å². The first-order valence-corrected chi connectivity index (χ1v) is 4.79. The molecular formula is C12H16FN. The van der Waals surface area contributed by atoms with Crippen LogP contribution in [0.2, 0.25) is 0 Å². The lowest BCUT2D eigenvalue weighted by Crippen LogP contribution is -2.11. The second kappa shape index (κ2) is 4.36. The SMILES string of the molecule is CN=C(c1ccc(F)cc1C)C(C)C. The maximum Gasteiger partial charge on any atom is 0.123 e. The van der Waals surface area contributed by atoms with Gasteiger partial charge in [-0.05, 0) is 42.2 Å². The summed E-state index contributed by atoms with van der Waals surface area (Å²) in [7, 11) is 1.78. The smallest absolute Gasteiger partial charge is 0.123 e. The number of aliphatic imine (C=N–C) groups is 1. The van der Waals surface area contributed by atoms with E-state index in [2.05, 4.69) is 18.8 Å². The highest BCUT2D eigenvalue weighted by molar-refractivity contribution is 6.02. The van der Waals surface area contributed by atoms with Gasteiger partial charge in [-0.25, -0.2) is 4.39 Å². The fraction of sp³-hybridized carbons (Fsp3) is 0.417. The minimum atomic E-state index is -0.189. The average Bonchev–Trinajstić information content (AvgIpc) is 2.09. The summed E-state index contributed by atoms with van der Waals surface area (Å²) in [6, 6.07) is 4.83. The van der Waals surface area contributed by atoms with Crippen molar-refractivity contribution in [3.63, 3.8) is 0 Å². The van der Waals surface area contributed by atoms with E-state index in [-0.39, 0.29) is 5.82 Å². The van der Waals surface area contributed by atoms with E-state index < -0.39 is 0 Å². The van der Waals surface area contributed by atoms with Gasteiger partial charge in [0.1, 0.15) is 5.82 Å². The molecule has 2 heteroatoms. The first-order chi connectivity index (χ1) is 6.56. The van der Waals surface area contributed by atoms with Crippen LogP contribution < -0.4 is 0 Å². The lowest BCUT2D eigenvalue weighted by Gasteiger charge is -2.12. The molecule has 1 rings (SSSR count). The minimum Gasteiger partial charge on any atom is -0.292 e. The molecule has 0 saturated heterocycles. The van der Waals surface area contributed by atoms with Crippen molar-refractivity contribution in [2.24, 2.45) is 10.9 Å². The van der Waals surface area contributed by atoms with Crippen molar-refractivity contribution in [1.82, 2.24) is 0 Å². The Balaban J connectivity index is 3.19. The Hall–Kier alpha value is -1.18. The maximum absolute atomic E-state index is 12.9. The molecule has 0 spiro atoms. The second-order valence-corrected chi connectivity index (χ2v) is 3.72. The average molecular weight is 193 g/mol. The largest absolute Gasteiger partial charge is 0.292 e. The van der Waals surface area contributed by atoms with Crippen LogP contribution in [0, 0.1) is 18.7 Å². The first kappa shape index (κ1) is 10.9. The summed E-state index contributed by atoms with van der Waals surface area (Å²) in [5, 5.41) is 0. The van der Waals surface area contributed by atoms with Crippen molar-refractivity contribution in [2.75, 3.05) is 7.05 Å². The van der Waals surface area contributed by atoms with Gasteiger partial charge in [-0.3, -0.25) is 4.99 Å². The summed E-state index contributed by atoms with van der Waals surface area (Å²) in [6.07, 6.45) is 0. The number of aryl methyl sites for hydroxylation is 1. The number of halogens is 1. The molecule has 0 fully saturated rings. The molecule has 0 amide bonds. The summed E-state index contributed by atoms with van der Waals surface area (Å²) in [4.78, 5) is 4.24. The standard InChI is InChI=1S/C12H16FN/c1-8(2)12(14-4)11-6-5-10(13)7-9(11)3/h5-8H,1-4H3. The van der Waals surface area contributed by atoms with Gasteiger partial charge in [-0.1, -0.05) is 13.8 Å². The lowest BCUT2D eigenvalue weighted by atomic mass is 9.96. The molecule has 0 aliphatic carbocycles. The van der Waals surface area contributed by atoms with Crippen LogP contribution in [0.1, 0.15) is 25.0 Å². The third kappa shape index (κ3) is 2.19. The Morgan fingerprint density at radius 1 is 1.36 bits per heavy atom. The zero-order valence-electron chi connectivity index (χ0n) is 9.13. The van der Waals surface area contributed by atoms with E-state index in [0.29, 0.717) is 5.92 Å². The Labute approximate surface area is 84.7 Å². The van der Waals surface area contributed by atoms with Crippen molar-refractivity contribution in [2.45, 2.75) is 20.8 Å². The topological polar surface area (TPSA) is 12.4 Å². The number of rotatable bonds is 2. The van der Waals surface area contributed by atoms with Gasteiger partial charge < -0.3 is 0 Å². The predicted molar refractivity (Wildman–Crippen MR) is 58.4 cm³/mol. The highest BCUT2D eigenvalue weighted by atomic mass is 19.1. The van der Waals surface area contributed by atoms with Gasteiger partial charge in [-0.15, -0.1) is 0 Å². The van der Waals surface area contributed by atoms with E-state index in [9.17, 15) is 4.39 Å². The van der Waals surface area contributed by atoms with E-state index in [0.717, 1.165) is 16.8 Å². The van der Waals surface area contributed by atoms with E-state index in [4.69, 9.17) is 0 Å². The third-order valence-electron chi connectivity index (χ3n) is 2.25. The molecule has 0 aliphatic rings. The Morgan fingerprint density at radius 2 is 2.00 bits per heavy atom. The molecule has 0 heterocycles. The molecule has 1 nitrogen and oxygen atoms in total. The highest BCUT2D eigenvalue weighted by Gasteiger charge is 2.10. The van der Waals surface area contributed by atoms with Crippen LogP contribution >= 0.6 is 0 Å². The maximum atomic E-state index is 12.9. The van der Waals surface area contributed by atoms with Gasteiger partial charge in [0.05, 0.1) is 0 Å². The van der Waals surface area contributed by atoms with Gasteiger partial charge in [0.25, 0.3) is 0 Å². The molecule has 0 unspecified atom stereocenters. The first-order valence-electron chi connectivity index (χ1n) is 4.79. The summed E-state index contributed by atoms with van der Waals surface area (Å²) < 4.78 is 12.9. The van der Waals surface area contributed by atoms with E-state index in [1.807, 2.05) is 6.92 Å². The molecule has 0 aliphatic heterocycles. The summed E-state index contributed by atoms with van der Waals surface area (Å²) in [6.45, 7) is 6.09. The fourth-order valence-electron chi connectivity index (χ4n) is 1.60.